The lowest BCUT2D eigenvalue weighted by atomic mass is 10.1. The number of anilines is 2. The lowest BCUT2D eigenvalue weighted by Gasteiger charge is -2.32. The number of halogens is 1. The summed E-state index contributed by atoms with van der Waals surface area (Å²) in [4.78, 5) is 26.2. The number of amides is 2. The Kier molecular flexibility index (Phi) is 4.44. The van der Waals surface area contributed by atoms with Crippen molar-refractivity contribution in [3.8, 4) is 5.75 Å². The maximum absolute atomic E-state index is 12.4. The molecule has 0 aromatic heterocycles. The van der Waals surface area contributed by atoms with Gasteiger partial charge in [0.15, 0.2) is 6.10 Å². The number of benzene rings is 2. The number of nitrogens with zero attached hydrogens (tertiary/aromatic N) is 1. The van der Waals surface area contributed by atoms with Crippen LogP contribution in [-0.4, -0.2) is 24.5 Å². The van der Waals surface area contributed by atoms with E-state index in [2.05, 4.69) is 5.32 Å². The predicted molar refractivity (Wildman–Crippen MR) is 93.7 cm³/mol. The molecule has 0 saturated carbocycles. The molecule has 6 heteroatoms. The summed E-state index contributed by atoms with van der Waals surface area (Å²) in [6, 6.07) is 12.5. The zero-order valence-electron chi connectivity index (χ0n) is 13.4. The number of carbonyl (C=O) groups excluding carboxylic acids is 2. The molecule has 5 nitrogen and oxygen atoms in total. The van der Waals surface area contributed by atoms with Crippen molar-refractivity contribution in [2.45, 2.75) is 20.0 Å². The molecule has 0 fully saturated rings. The number of hydrogen-bond acceptors (Lipinski definition) is 3. The van der Waals surface area contributed by atoms with E-state index < -0.39 is 6.10 Å². The summed E-state index contributed by atoms with van der Waals surface area (Å²) in [6.45, 7) is 3.47. The van der Waals surface area contributed by atoms with E-state index in [0.717, 1.165) is 11.3 Å². The van der Waals surface area contributed by atoms with Gasteiger partial charge in [-0.25, -0.2) is 0 Å². The van der Waals surface area contributed by atoms with E-state index in [1.54, 1.807) is 25.1 Å². The molecule has 3 rings (SSSR count). The first kappa shape index (κ1) is 16.3. The maximum atomic E-state index is 12.4. The van der Waals surface area contributed by atoms with Crippen molar-refractivity contribution in [1.82, 2.24) is 0 Å². The Labute approximate surface area is 145 Å². The fourth-order valence-electron chi connectivity index (χ4n) is 2.59. The third-order valence-electron chi connectivity index (χ3n) is 3.85. The third-order valence-corrected chi connectivity index (χ3v) is 4.09. The summed E-state index contributed by atoms with van der Waals surface area (Å²) < 4.78 is 5.57. The van der Waals surface area contributed by atoms with Crippen molar-refractivity contribution in [3.05, 3.63) is 53.1 Å². The van der Waals surface area contributed by atoms with E-state index in [9.17, 15) is 9.59 Å². The van der Waals surface area contributed by atoms with Gasteiger partial charge in [-0.3, -0.25) is 14.5 Å². The van der Waals surface area contributed by atoms with Crippen LogP contribution in [0.4, 0.5) is 11.4 Å². The first-order chi connectivity index (χ1) is 11.5. The molecule has 0 radical (unpaired) electrons. The topological polar surface area (TPSA) is 58.6 Å². The molecule has 1 aliphatic rings. The Morgan fingerprint density at radius 2 is 2.04 bits per heavy atom. The minimum absolute atomic E-state index is 0.103. The average Bonchev–Trinajstić information content (AvgIpc) is 2.55. The van der Waals surface area contributed by atoms with E-state index in [0.29, 0.717) is 16.5 Å². The number of fused-ring (bicyclic) bond motifs is 1. The van der Waals surface area contributed by atoms with Gasteiger partial charge in [-0.05, 0) is 43.7 Å². The molecule has 124 valence electrons. The van der Waals surface area contributed by atoms with E-state index in [1.165, 1.54) is 4.90 Å². The standard InChI is InChI=1S/C18H17ClN2O3/c1-11-5-3-4-6-14(11)20-17(22)10-21-15-9-13(19)7-8-16(15)24-12(2)18(21)23/h3-9,12H,10H2,1-2H3,(H,20,22). The monoisotopic (exact) mass is 344 g/mol. The van der Waals surface area contributed by atoms with Crippen LogP contribution in [0.2, 0.25) is 5.02 Å². The first-order valence-corrected chi connectivity index (χ1v) is 7.96. The fraction of sp³-hybridized carbons (Fsp3) is 0.222. The molecule has 24 heavy (non-hydrogen) atoms. The quantitative estimate of drug-likeness (QED) is 0.928. The Balaban J connectivity index is 1.83. The molecular weight excluding hydrogens is 328 g/mol. The zero-order chi connectivity index (χ0) is 17.3. The van der Waals surface area contributed by atoms with Crippen LogP contribution in [0.5, 0.6) is 5.75 Å². The number of nitrogens with one attached hydrogen (secondary N) is 1. The summed E-state index contributed by atoms with van der Waals surface area (Å²) in [5, 5.41) is 3.31. The number of para-hydroxylation sites is 1. The van der Waals surface area contributed by atoms with Crippen LogP contribution in [0.3, 0.4) is 0 Å². The van der Waals surface area contributed by atoms with Crippen LogP contribution in [0, 0.1) is 6.92 Å². The molecule has 0 bridgehead atoms. The zero-order valence-corrected chi connectivity index (χ0v) is 14.1. The Hall–Kier alpha value is -2.53. The highest BCUT2D eigenvalue weighted by atomic mass is 35.5. The van der Waals surface area contributed by atoms with E-state index in [-0.39, 0.29) is 18.4 Å². The van der Waals surface area contributed by atoms with Gasteiger partial charge in [-0.2, -0.15) is 0 Å². The average molecular weight is 345 g/mol. The van der Waals surface area contributed by atoms with Gasteiger partial charge < -0.3 is 10.1 Å². The molecule has 0 aliphatic carbocycles. The van der Waals surface area contributed by atoms with Crippen molar-refractivity contribution in [2.24, 2.45) is 0 Å². The van der Waals surface area contributed by atoms with Crippen LogP contribution < -0.4 is 15.0 Å². The van der Waals surface area contributed by atoms with Gasteiger partial charge in [0, 0.05) is 10.7 Å². The summed E-state index contributed by atoms with van der Waals surface area (Å²) in [6.07, 6.45) is -0.648. The van der Waals surface area contributed by atoms with Crippen molar-refractivity contribution in [2.75, 3.05) is 16.8 Å². The van der Waals surface area contributed by atoms with Crippen LogP contribution >= 0.6 is 11.6 Å². The smallest absolute Gasteiger partial charge is 0.268 e. The third kappa shape index (κ3) is 3.21. The molecule has 0 saturated heterocycles. The number of carbonyl (C=O) groups is 2. The highest BCUT2D eigenvalue weighted by Gasteiger charge is 2.32. The summed E-state index contributed by atoms with van der Waals surface area (Å²) in [7, 11) is 0. The molecule has 1 heterocycles. The molecule has 0 spiro atoms. The van der Waals surface area contributed by atoms with Crippen molar-refractivity contribution in [3.63, 3.8) is 0 Å². The molecule has 1 unspecified atom stereocenters. The van der Waals surface area contributed by atoms with E-state index in [1.807, 2.05) is 31.2 Å². The predicted octanol–water partition coefficient (Wildman–Crippen LogP) is 3.40. The minimum atomic E-state index is -0.648. The Morgan fingerprint density at radius 3 is 2.79 bits per heavy atom. The minimum Gasteiger partial charge on any atom is -0.479 e. The van der Waals surface area contributed by atoms with Crippen molar-refractivity contribution >= 4 is 34.8 Å². The number of ether oxygens (including phenoxy) is 1. The van der Waals surface area contributed by atoms with E-state index in [4.69, 9.17) is 16.3 Å². The highest BCUT2D eigenvalue weighted by molar-refractivity contribution is 6.31. The second-order valence-corrected chi connectivity index (χ2v) is 6.10. The molecule has 2 amide bonds. The van der Waals surface area contributed by atoms with Crippen LogP contribution in [0.25, 0.3) is 0 Å². The highest BCUT2D eigenvalue weighted by Crippen LogP contribution is 2.36. The maximum Gasteiger partial charge on any atom is 0.268 e. The van der Waals surface area contributed by atoms with Crippen molar-refractivity contribution < 1.29 is 14.3 Å². The van der Waals surface area contributed by atoms with Gasteiger partial charge >= 0.3 is 0 Å². The number of hydrogen-bond donors (Lipinski definition) is 1. The molecule has 1 N–H and O–H groups in total. The second-order valence-electron chi connectivity index (χ2n) is 5.66. The van der Waals surface area contributed by atoms with Gasteiger partial charge in [-0.1, -0.05) is 29.8 Å². The van der Waals surface area contributed by atoms with Crippen LogP contribution in [0.1, 0.15) is 12.5 Å². The fourth-order valence-corrected chi connectivity index (χ4v) is 2.76. The largest absolute Gasteiger partial charge is 0.479 e. The van der Waals surface area contributed by atoms with Gasteiger partial charge in [0.2, 0.25) is 5.91 Å². The lowest BCUT2D eigenvalue weighted by molar-refractivity contribution is -0.127. The van der Waals surface area contributed by atoms with Crippen LogP contribution in [0.15, 0.2) is 42.5 Å². The summed E-state index contributed by atoms with van der Waals surface area (Å²) in [5.41, 5.74) is 2.18. The number of rotatable bonds is 3. The lowest BCUT2D eigenvalue weighted by Crippen LogP contribution is -2.47. The van der Waals surface area contributed by atoms with Gasteiger partial charge in [0.25, 0.3) is 5.91 Å². The number of aryl methyl sites for hydroxylation is 1. The summed E-state index contributed by atoms with van der Waals surface area (Å²) >= 11 is 6.02. The van der Waals surface area contributed by atoms with Gasteiger partial charge in [-0.15, -0.1) is 0 Å². The Bertz CT molecular complexity index is 807. The SMILES string of the molecule is Cc1ccccc1NC(=O)CN1C(=O)C(C)Oc2ccc(Cl)cc21. The van der Waals surface area contributed by atoms with Gasteiger partial charge in [0.05, 0.1) is 5.69 Å². The van der Waals surface area contributed by atoms with Crippen molar-refractivity contribution in [1.29, 1.82) is 0 Å². The molecule has 2 aromatic carbocycles. The van der Waals surface area contributed by atoms with Crippen LogP contribution in [-0.2, 0) is 9.59 Å². The Morgan fingerprint density at radius 1 is 1.29 bits per heavy atom. The molecular formula is C18H17ClN2O3. The molecule has 1 aliphatic heterocycles. The van der Waals surface area contributed by atoms with Gasteiger partial charge in [0.1, 0.15) is 12.3 Å². The normalized spacial score (nSPS) is 16.4. The van der Waals surface area contributed by atoms with E-state index >= 15 is 0 Å². The molecule has 1 atom stereocenters. The first-order valence-electron chi connectivity index (χ1n) is 7.59. The molecule has 2 aromatic rings. The second kappa shape index (κ2) is 6.53. The summed E-state index contributed by atoms with van der Waals surface area (Å²) in [5.74, 6) is -0.0161.